The molecule has 106 valence electrons. The molecule has 4 rings (SSSR count). The molecule has 0 radical (unpaired) electrons. The Morgan fingerprint density at radius 2 is 1.95 bits per heavy atom. The Morgan fingerprint density at radius 3 is 2.86 bits per heavy atom. The fourth-order valence-electron chi connectivity index (χ4n) is 3.39. The standard InChI is InChI=1S/C17H18N4/c1-17(2)9-5-7-12-15(20-21-16(12)17)14-11-6-3-4-8-13(11)18-10-19-14/h3-4,6,8,10H,5,7,9H2,1-2H3,(H,20,21). The quantitative estimate of drug-likeness (QED) is 0.739. The number of para-hydroxylation sites is 1. The van der Waals surface area contributed by atoms with Gasteiger partial charge in [0.15, 0.2) is 0 Å². The number of nitrogens with zero attached hydrogens (tertiary/aromatic N) is 3. The van der Waals surface area contributed by atoms with Crippen LogP contribution in [0.2, 0.25) is 0 Å². The predicted molar refractivity (Wildman–Crippen MR) is 83.1 cm³/mol. The average molecular weight is 278 g/mol. The molecule has 0 spiro atoms. The van der Waals surface area contributed by atoms with Gasteiger partial charge in [0.1, 0.15) is 17.7 Å². The summed E-state index contributed by atoms with van der Waals surface area (Å²) in [6, 6.07) is 8.11. The molecule has 3 aromatic rings. The minimum atomic E-state index is 0.168. The monoisotopic (exact) mass is 278 g/mol. The normalized spacial score (nSPS) is 16.9. The minimum Gasteiger partial charge on any atom is -0.281 e. The van der Waals surface area contributed by atoms with Crippen LogP contribution >= 0.6 is 0 Å². The highest BCUT2D eigenvalue weighted by molar-refractivity contribution is 5.91. The molecule has 2 heterocycles. The van der Waals surface area contributed by atoms with Crippen LogP contribution in [0.1, 0.15) is 37.9 Å². The van der Waals surface area contributed by atoms with Gasteiger partial charge in [-0.25, -0.2) is 9.97 Å². The van der Waals surface area contributed by atoms with Crippen LogP contribution in [0.25, 0.3) is 22.3 Å². The van der Waals surface area contributed by atoms with Gasteiger partial charge in [0.05, 0.1) is 5.52 Å². The molecule has 4 nitrogen and oxygen atoms in total. The zero-order valence-corrected chi connectivity index (χ0v) is 12.3. The van der Waals surface area contributed by atoms with Gasteiger partial charge in [0.25, 0.3) is 0 Å². The van der Waals surface area contributed by atoms with E-state index in [0.29, 0.717) is 0 Å². The summed E-state index contributed by atoms with van der Waals surface area (Å²) in [4.78, 5) is 8.85. The van der Waals surface area contributed by atoms with Crippen LogP contribution in [-0.2, 0) is 11.8 Å². The molecule has 2 aromatic heterocycles. The van der Waals surface area contributed by atoms with E-state index in [4.69, 9.17) is 0 Å². The van der Waals surface area contributed by atoms with Crippen LogP contribution in [0.3, 0.4) is 0 Å². The lowest BCUT2D eigenvalue weighted by atomic mass is 9.76. The van der Waals surface area contributed by atoms with Crippen molar-refractivity contribution in [2.45, 2.75) is 38.5 Å². The summed E-state index contributed by atoms with van der Waals surface area (Å²) in [7, 11) is 0. The maximum atomic E-state index is 4.60. The number of aromatic nitrogens is 4. The van der Waals surface area contributed by atoms with Crippen LogP contribution in [0.5, 0.6) is 0 Å². The summed E-state index contributed by atoms with van der Waals surface area (Å²) in [5.74, 6) is 0. The van der Waals surface area contributed by atoms with Crippen LogP contribution in [-0.4, -0.2) is 20.2 Å². The number of fused-ring (bicyclic) bond motifs is 2. The Hall–Kier alpha value is -2.23. The molecule has 1 aliphatic carbocycles. The molecule has 0 saturated heterocycles. The van der Waals surface area contributed by atoms with Crippen molar-refractivity contribution in [2.75, 3.05) is 0 Å². The number of nitrogens with one attached hydrogen (secondary N) is 1. The fourth-order valence-corrected chi connectivity index (χ4v) is 3.39. The van der Waals surface area contributed by atoms with Crippen molar-refractivity contribution >= 4 is 10.9 Å². The third-order valence-electron chi connectivity index (χ3n) is 4.54. The third-order valence-corrected chi connectivity index (χ3v) is 4.54. The maximum Gasteiger partial charge on any atom is 0.116 e. The first kappa shape index (κ1) is 12.5. The molecular weight excluding hydrogens is 260 g/mol. The predicted octanol–water partition coefficient (Wildman–Crippen LogP) is 3.63. The lowest BCUT2D eigenvalue weighted by Crippen LogP contribution is -2.23. The minimum absolute atomic E-state index is 0.168. The lowest BCUT2D eigenvalue weighted by molar-refractivity contribution is 0.420. The van der Waals surface area contributed by atoms with E-state index >= 15 is 0 Å². The van der Waals surface area contributed by atoms with Gasteiger partial charge in [0.2, 0.25) is 0 Å². The summed E-state index contributed by atoms with van der Waals surface area (Å²) >= 11 is 0. The number of hydrogen-bond donors (Lipinski definition) is 1. The van der Waals surface area contributed by atoms with Gasteiger partial charge < -0.3 is 0 Å². The second kappa shape index (κ2) is 4.38. The molecule has 0 saturated carbocycles. The molecule has 0 fully saturated rings. The smallest absolute Gasteiger partial charge is 0.116 e. The largest absolute Gasteiger partial charge is 0.281 e. The van der Waals surface area contributed by atoms with Crippen molar-refractivity contribution in [3.05, 3.63) is 41.9 Å². The molecule has 0 bridgehead atoms. The first-order valence-electron chi connectivity index (χ1n) is 7.45. The molecule has 1 N–H and O–H groups in total. The fraction of sp³-hybridized carbons (Fsp3) is 0.353. The summed E-state index contributed by atoms with van der Waals surface area (Å²) in [5, 5.41) is 8.94. The van der Waals surface area contributed by atoms with Crippen molar-refractivity contribution in [3.63, 3.8) is 0 Å². The SMILES string of the molecule is CC1(C)CCCc2c(-c3ncnc4ccccc34)n[nH]c21. The van der Waals surface area contributed by atoms with Gasteiger partial charge in [-0.2, -0.15) is 5.10 Å². The van der Waals surface area contributed by atoms with E-state index in [1.54, 1.807) is 6.33 Å². The van der Waals surface area contributed by atoms with Gasteiger partial charge in [-0.3, -0.25) is 5.10 Å². The summed E-state index contributed by atoms with van der Waals surface area (Å²) in [6.07, 6.45) is 5.11. The molecular formula is C17H18N4. The van der Waals surface area contributed by atoms with Gasteiger partial charge >= 0.3 is 0 Å². The van der Waals surface area contributed by atoms with Gasteiger partial charge in [-0.05, 0) is 25.3 Å². The van der Waals surface area contributed by atoms with Gasteiger partial charge in [0, 0.05) is 22.1 Å². The highest BCUT2D eigenvalue weighted by atomic mass is 15.1. The summed E-state index contributed by atoms with van der Waals surface area (Å²) < 4.78 is 0. The molecule has 1 aliphatic rings. The van der Waals surface area contributed by atoms with E-state index in [0.717, 1.165) is 28.7 Å². The first-order chi connectivity index (χ1) is 10.2. The highest BCUT2D eigenvalue weighted by Gasteiger charge is 2.32. The molecule has 1 aromatic carbocycles. The van der Waals surface area contributed by atoms with E-state index in [1.807, 2.05) is 18.2 Å². The molecule has 0 atom stereocenters. The topological polar surface area (TPSA) is 54.5 Å². The van der Waals surface area contributed by atoms with Crippen LogP contribution in [0.15, 0.2) is 30.6 Å². The highest BCUT2D eigenvalue weighted by Crippen LogP contribution is 2.39. The van der Waals surface area contributed by atoms with E-state index in [9.17, 15) is 0 Å². The van der Waals surface area contributed by atoms with Crippen molar-refractivity contribution in [2.24, 2.45) is 0 Å². The number of benzene rings is 1. The first-order valence-corrected chi connectivity index (χ1v) is 7.45. The lowest BCUT2D eigenvalue weighted by Gasteiger charge is -2.29. The maximum absolute atomic E-state index is 4.60. The Labute approximate surface area is 123 Å². The Balaban J connectivity index is 1.97. The van der Waals surface area contributed by atoms with Crippen LogP contribution < -0.4 is 0 Å². The molecule has 0 amide bonds. The van der Waals surface area contributed by atoms with E-state index < -0.39 is 0 Å². The van der Waals surface area contributed by atoms with Crippen molar-refractivity contribution < 1.29 is 0 Å². The molecule has 0 unspecified atom stereocenters. The van der Waals surface area contributed by atoms with Crippen LogP contribution in [0.4, 0.5) is 0 Å². The van der Waals surface area contributed by atoms with Crippen LogP contribution in [0, 0.1) is 0 Å². The van der Waals surface area contributed by atoms with Crippen molar-refractivity contribution in [1.29, 1.82) is 0 Å². The van der Waals surface area contributed by atoms with Crippen molar-refractivity contribution in [1.82, 2.24) is 20.2 Å². The molecule has 4 heteroatoms. The van der Waals surface area contributed by atoms with Crippen molar-refractivity contribution in [3.8, 4) is 11.4 Å². The van der Waals surface area contributed by atoms with E-state index in [-0.39, 0.29) is 5.41 Å². The van der Waals surface area contributed by atoms with E-state index in [2.05, 4.69) is 40.1 Å². The third kappa shape index (κ3) is 1.86. The second-order valence-corrected chi connectivity index (χ2v) is 6.40. The number of aromatic amines is 1. The Morgan fingerprint density at radius 1 is 1.10 bits per heavy atom. The molecule has 0 aliphatic heterocycles. The zero-order valence-electron chi connectivity index (χ0n) is 12.3. The zero-order chi connectivity index (χ0) is 14.4. The Kier molecular flexibility index (Phi) is 2.61. The number of H-pyrrole nitrogens is 1. The van der Waals surface area contributed by atoms with Gasteiger partial charge in [-0.1, -0.05) is 32.0 Å². The number of hydrogen-bond acceptors (Lipinski definition) is 3. The van der Waals surface area contributed by atoms with E-state index in [1.165, 1.54) is 24.1 Å². The number of rotatable bonds is 1. The second-order valence-electron chi connectivity index (χ2n) is 6.40. The summed E-state index contributed by atoms with van der Waals surface area (Å²) in [6.45, 7) is 4.57. The van der Waals surface area contributed by atoms with Gasteiger partial charge in [-0.15, -0.1) is 0 Å². The molecule has 21 heavy (non-hydrogen) atoms. The Bertz CT molecular complexity index is 811. The average Bonchev–Trinajstić information content (AvgIpc) is 2.92. The summed E-state index contributed by atoms with van der Waals surface area (Å²) in [5.41, 5.74) is 5.67.